The predicted octanol–water partition coefficient (Wildman–Crippen LogP) is 4.64. The second kappa shape index (κ2) is 11.4. The highest BCUT2D eigenvalue weighted by Gasteiger charge is 2.25. The zero-order valence-electron chi connectivity index (χ0n) is 16.8. The molecule has 1 atom stereocenters. The molecule has 0 saturated carbocycles. The smallest absolute Gasteiger partial charge is 0.335 e. The lowest BCUT2D eigenvalue weighted by Gasteiger charge is -2.17. The number of aliphatic carboxylic acids is 1. The van der Waals surface area contributed by atoms with Crippen LogP contribution in [0.15, 0.2) is 53.0 Å². The molecule has 0 aliphatic heterocycles. The van der Waals surface area contributed by atoms with Crippen molar-refractivity contribution in [3.8, 4) is 0 Å². The number of hydrogen-bond acceptors (Lipinski definition) is 5. The van der Waals surface area contributed by atoms with Crippen LogP contribution in [0, 0.1) is 0 Å². The summed E-state index contributed by atoms with van der Waals surface area (Å²) in [5.41, 5.74) is 1.79. The van der Waals surface area contributed by atoms with Gasteiger partial charge in [0, 0.05) is 16.5 Å². The summed E-state index contributed by atoms with van der Waals surface area (Å²) in [7, 11) is -3.24. The number of halogens is 1. The molecule has 0 fully saturated rings. The Morgan fingerprint density at radius 3 is 2.23 bits per heavy atom. The van der Waals surface area contributed by atoms with Crippen molar-refractivity contribution in [3.63, 3.8) is 0 Å². The van der Waals surface area contributed by atoms with Gasteiger partial charge in [0.15, 0.2) is 0 Å². The Kier molecular flexibility index (Phi) is 9.24. The van der Waals surface area contributed by atoms with Gasteiger partial charge in [-0.15, -0.1) is 0 Å². The number of carboxylic acids is 1. The van der Waals surface area contributed by atoms with E-state index in [1.54, 1.807) is 44.2 Å². The van der Waals surface area contributed by atoms with E-state index in [0.717, 1.165) is 10.0 Å². The van der Waals surface area contributed by atoms with E-state index in [1.165, 1.54) is 0 Å². The van der Waals surface area contributed by atoms with E-state index in [4.69, 9.17) is 9.05 Å². The van der Waals surface area contributed by atoms with Gasteiger partial charge in [0.25, 0.3) is 5.91 Å². The first-order valence-electron chi connectivity index (χ1n) is 9.51. The highest BCUT2D eigenvalue weighted by molar-refractivity contribution is 9.10. The Balaban J connectivity index is 2.06. The first-order chi connectivity index (χ1) is 14.3. The second-order valence-electron chi connectivity index (χ2n) is 6.50. The van der Waals surface area contributed by atoms with Crippen LogP contribution < -0.4 is 5.32 Å². The van der Waals surface area contributed by atoms with Crippen LogP contribution in [0.25, 0.3) is 0 Å². The number of amides is 1. The van der Waals surface area contributed by atoms with Crippen LogP contribution in [0.3, 0.4) is 0 Å². The normalized spacial score (nSPS) is 12.4. The SMILES string of the molecule is CCOP(=O)(Cc1ccc(C(=O)N[C@H](Cc2cccc(Br)c2)C(=O)O)cc1)OCC. The zero-order valence-corrected chi connectivity index (χ0v) is 19.3. The van der Waals surface area contributed by atoms with Crippen molar-refractivity contribution < 1.29 is 28.3 Å². The van der Waals surface area contributed by atoms with Crippen molar-refractivity contribution in [1.29, 1.82) is 0 Å². The molecule has 0 spiro atoms. The van der Waals surface area contributed by atoms with Gasteiger partial charge in [0.1, 0.15) is 6.04 Å². The third-order valence-corrected chi connectivity index (χ3v) is 6.73. The summed E-state index contributed by atoms with van der Waals surface area (Å²) < 4.78 is 24.0. The van der Waals surface area contributed by atoms with Gasteiger partial charge in [-0.05, 0) is 49.2 Å². The van der Waals surface area contributed by atoms with Crippen LogP contribution in [-0.4, -0.2) is 36.2 Å². The topological polar surface area (TPSA) is 102 Å². The maximum atomic E-state index is 12.6. The zero-order chi connectivity index (χ0) is 22.1. The Bertz CT molecular complexity index is 908. The summed E-state index contributed by atoms with van der Waals surface area (Å²) >= 11 is 3.35. The minimum atomic E-state index is -3.24. The molecule has 7 nitrogen and oxygen atoms in total. The molecule has 9 heteroatoms. The lowest BCUT2D eigenvalue weighted by molar-refractivity contribution is -0.139. The van der Waals surface area contributed by atoms with Crippen LogP contribution in [0.1, 0.15) is 35.3 Å². The van der Waals surface area contributed by atoms with Gasteiger partial charge in [0.05, 0.1) is 19.4 Å². The summed E-state index contributed by atoms with van der Waals surface area (Å²) in [6, 6.07) is 12.6. The number of carbonyl (C=O) groups excluding carboxylic acids is 1. The molecule has 0 saturated heterocycles. The minimum absolute atomic E-state index is 0.0945. The first kappa shape index (κ1) is 24.3. The van der Waals surface area contributed by atoms with Gasteiger partial charge in [-0.3, -0.25) is 9.36 Å². The standard InChI is InChI=1S/C21H25BrNO6P/c1-3-28-30(27,29-4-2)14-15-8-10-17(11-9-15)20(24)23-19(21(25)26)13-16-6-5-7-18(22)12-16/h5-12,19H,3-4,13-14H2,1-2H3,(H,23,24)(H,25,26)/t19-/m1/s1. The fourth-order valence-electron chi connectivity index (χ4n) is 2.85. The van der Waals surface area contributed by atoms with Gasteiger partial charge in [-0.25, -0.2) is 4.79 Å². The molecule has 0 aromatic heterocycles. The van der Waals surface area contributed by atoms with E-state index < -0.39 is 25.5 Å². The molecule has 0 aliphatic rings. The Labute approximate surface area is 184 Å². The average Bonchev–Trinajstić information content (AvgIpc) is 2.68. The molecule has 2 aromatic carbocycles. The molecular formula is C21H25BrNO6P. The van der Waals surface area contributed by atoms with Crippen molar-refractivity contribution in [3.05, 3.63) is 69.7 Å². The summed E-state index contributed by atoms with van der Waals surface area (Å²) in [5, 5.41) is 12.0. The number of carboxylic acid groups (broad SMARTS) is 1. The third kappa shape index (κ3) is 7.36. The van der Waals surface area contributed by atoms with Crippen LogP contribution in [0.4, 0.5) is 0 Å². The molecule has 0 aliphatic carbocycles. The van der Waals surface area contributed by atoms with Gasteiger partial charge in [0.2, 0.25) is 0 Å². The monoisotopic (exact) mass is 497 g/mol. The van der Waals surface area contributed by atoms with Crippen molar-refractivity contribution >= 4 is 35.4 Å². The van der Waals surface area contributed by atoms with Crippen LogP contribution in [0.5, 0.6) is 0 Å². The molecule has 0 unspecified atom stereocenters. The lowest BCUT2D eigenvalue weighted by atomic mass is 10.1. The van der Waals surface area contributed by atoms with Gasteiger partial charge >= 0.3 is 13.6 Å². The van der Waals surface area contributed by atoms with Gasteiger partial charge in [-0.2, -0.15) is 0 Å². The fourth-order valence-corrected chi connectivity index (χ4v) is 5.00. The van der Waals surface area contributed by atoms with Crippen LogP contribution >= 0.6 is 23.5 Å². The van der Waals surface area contributed by atoms with E-state index in [9.17, 15) is 19.3 Å². The summed E-state index contributed by atoms with van der Waals surface area (Å²) in [6.45, 7) is 4.02. The van der Waals surface area contributed by atoms with E-state index in [1.807, 2.05) is 18.2 Å². The average molecular weight is 498 g/mol. The molecule has 2 aromatic rings. The fraction of sp³-hybridized carbons (Fsp3) is 0.333. The van der Waals surface area contributed by atoms with Gasteiger partial charge < -0.3 is 19.5 Å². The van der Waals surface area contributed by atoms with Gasteiger partial charge in [-0.1, -0.05) is 40.2 Å². The quantitative estimate of drug-likeness (QED) is 0.438. The van der Waals surface area contributed by atoms with Crippen molar-refractivity contribution in [2.45, 2.75) is 32.5 Å². The van der Waals surface area contributed by atoms with Crippen molar-refractivity contribution in [1.82, 2.24) is 5.32 Å². The minimum Gasteiger partial charge on any atom is -0.480 e. The predicted molar refractivity (Wildman–Crippen MR) is 118 cm³/mol. The first-order valence-corrected chi connectivity index (χ1v) is 12.0. The number of carbonyl (C=O) groups is 2. The summed E-state index contributed by atoms with van der Waals surface area (Å²) in [4.78, 5) is 24.1. The van der Waals surface area contributed by atoms with Crippen LogP contribution in [-0.2, 0) is 31.0 Å². The highest BCUT2D eigenvalue weighted by atomic mass is 79.9. The summed E-state index contributed by atoms with van der Waals surface area (Å²) in [6.07, 6.45) is 0.252. The molecule has 30 heavy (non-hydrogen) atoms. The Morgan fingerprint density at radius 1 is 1.07 bits per heavy atom. The third-order valence-electron chi connectivity index (χ3n) is 4.18. The Hall–Kier alpha value is -1.99. The number of hydrogen-bond donors (Lipinski definition) is 2. The van der Waals surface area contributed by atoms with Crippen molar-refractivity contribution in [2.24, 2.45) is 0 Å². The van der Waals surface area contributed by atoms with E-state index >= 15 is 0 Å². The molecule has 2 rings (SSSR count). The molecule has 0 heterocycles. The number of nitrogens with one attached hydrogen (secondary N) is 1. The van der Waals surface area contributed by atoms with E-state index in [-0.39, 0.29) is 25.8 Å². The largest absolute Gasteiger partial charge is 0.480 e. The maximum Gasteiger partial charge on any atom is 0.335 e. The summed E-state index contributed by atoms with van der Waals surface area (Å²) in [5.74, 6) is -1.61. The van der Waals surface area contributed by atoms with E-state index in [0.29, 0.717) is 11.1 Å². The molecule has 0 radical (unpaired) electrons. The molecule has 2 N–H and O–H groups in total. The van der Waals surface area contributed by atoms with Crippen LogP contribution in [0.2, 0.25) is 0 Å². The molecule has 162 valence electrons. The highest BCUT2D eigenvalue weighted by Crippen LogP contribution is 2.51. The van der Waals surface area contributed by atoms with E-state index in [2.05, 4.69) is 21.2 Å². The second-order valence-corrected chi connectivity index (χ2v) is 9.47. The maximum absolute atomic E-state index is 12.6. The molecule has 1 amide bonds. The van der Waals surface area contributed by atoms with Crippen molar-refractivity contribution in [2.75, 3.05) is 13.2 Å². The number of rotatable bonds is 11. The number of benzene rings is 2. The molecular weight excluding hydrogens is 473 g/mol. The molecule has 0 bridgehead atoms. The Morgan fingerprint density at radius 2 is 1.70 bits per heavy atom. The lowest BCUT2D eigenvalue weighted by Crippen LogP contribution is -2.42.